The van der Waals surface area contributed by atoms with Crippen LogP contribution in [-0.2, 0) is 16.0 Å². The molecule has 0 radical (unpaired) electrons. The fourth-order valence-corrected chi connectivity index (χ4v) is 2.34. The number of aliphatic carboxylic acids is 1. The number of carbonyl (C=O) groups is 2. The molecule has 1 aromatic rings. The summed E-state index contributed by atoms with van der Waals surface area (Å²) in [5, 5.41) is 39.0. The zero-order valence-corrected chi connectivity index (χ0v) is 12.6. The number of carboxylic acid groups (broad SMARTS) is 1. The van der Waals surface area contributed by atoms with E-state index in [1.54, 1.807) is 0 Å². The van der Waals surface area contributed by atoms with Crippen LogP contribution in [0.15, 0.2) is 12.1 Å². The molecule has 126 valence electrons. The highest BCUT2D eigenvalue weighted by Crippen LogP contribution is 2.38. The van der Waals surface area contributed by atoms with Crippen LogP contribution >= 0.6 is 0 Å². The summed E-state index contributed by atoms with van der Waals surface area (Å²) in [6.45, 7) is 0.885. The average Bonchev–Trinajstić information content (AvgIpc) is 2.51. The first-order valence-electron chi connectivity index (χ1n) is 6.91. The molecule has 0 amide bonds. The van der Waals surface area contributed by atoms with Crippen LogP contribution in [0.3, 0.4) is 0 Å². The lowest BCUT2D eigenvalue weighted by molar-refractivity contribution is -0.178. The van der Waals surface area contributed by atoms with Crippen LogP contribution in [0.5, 0.6) is 11.5 Å². The van der Waals surface area contributed by atoms with Crippen LogP contribution in [-0.4, -0.2) is 51.2 Å². The van der Waals surface area contributed by atoms with Crippen LogP contribution in [0.1, 0.15) is 30.6 Å². The van der Waals surface area contributed by atoms with Crippen molar-refractivity contribution in [3.05, 3.63) is 23.3 Å². The summed E-state index contributed by atoms with van der Waals surface area (Å²) in [5.41, 5.74) is -1.84. The second-order valence-corrected chi connectivity index (χ2v) is 5.52. The van der Waals surface area contributed by atoms with Gasteiger partial charge in [-0.1, -0.05) is 0 Å². The van der Waals surface area contributed by atoms with Crippen molar-refractivity contribution in [2.24, 2.45) is 0 Å². The molecule has 0 fully saturated rings. The number of aliphatic hydroxyl groups excluding tert-OH is 2. The van der Waals surface area contributed by atoms with Gasteiger partial charge in [0.05, 0.1) is 13.5 Å². The smallest absolute Gasteiger partial charge is 0.338 e. The van der Waals surface area contributed by atoms with E-state index in [0.717, 1.165) is 6.92 Å². The maximum atomic E-state index is 11.3. The Hall–Kier alpha value is -2.16. The number of benzene rings is 1. The summed E-state index contributed by atoms with van der Waals surface area (Å²) in [7, 11) is 1.31. The SMILES string of the molecule is COc1cc2c(cc1C(O)C(O)C(C)(O)C(=O)O)CCC(=O)O2. The largest absolute Gasteiger partial charge is 0.496 e. The number of ether oxygens (including phenoxy) is 2. The van der Waals surface area contributed by atoms with Crippen molar-refractivity contribution in [3.63, 3.8) is 0 Å². The lowest BCUT2D eigenvalue weighted by Crippen LogP contribution is -2.49. The fourth-order valence-electron chi connectivity index (χ4n) is 2.34. The van der Waals surface area contributed by atoms with Crippen molar-refractivity contribution >= 4 is 11.9 Å². The normalized spacial score (nSPS) is 19.1. The second-order valence-electron chi connectivity index (χ2n) is 5.52. The number of carboxylic acids is 1. The maximum absolute atomic E-state index is 11.3. The third kappa shape index (κ3) is 3.14. The van der Waals surface area contributed by atoms with Gasteiger partial charge in [-0.25, -0.2) is 4.79 Å². The molecule has 3 atom stereocenters. The van der Waals surface area contributed by atoms with Gasteiger partial charge < -0.3 is 29.9 Å². The Morgan fingerprint density at radius 1 is 1.35 bits per heavy atom. The molecule has 23 heavy (non-hydrogen) atoms. The number of hydrogen-bond acceptors (Lipinski definition) is 7. The van der Waals surface area contributed by atoms with Crippen LogP contribution in [0, 0.1) is 0 Å². The summed E-state index contributed by atoms with van der Waals surface area (Å²) in [6, 6.07) is 2.85. The Kier molecular flexibility index (Phi) is 4.60. The molecule has 0 aromatic heterocycles. The predicted molar refractivity (Wildman–Crippen MR) is 76.2 cm³/mol. The van der Waals surface area contributed by atoms with Gasteiger partial charge in [-0.15, -0.1) is 0 Å². The van der Waals surface area contributed by atoms with Crippen LogP contribution in [0.2, 0.25) is 0 Å². The van der Waals surface area contributed by atoms with Gasteiger partial charge in [-0.2, -0.15) is 0 Å². The summed E-state index contributed by atoms with van der Waals surface area (Å²) in [5.74, 6) is -1.67. The van der Waals surface area contributed by atoms with Gasteiger partial charge in [0.15, 0.2) is 5.60 Å². The molecule has 0 saturated heterocycles. The topological polar surface area (TPSA) is 134 Å². The van der Waals surface area contributed by atoms with Crippen molar-refractivity contribution in [1.29, 1.82) is 0 Å². The molecule has 8 nitrogen and oxygen atoms in total. The van der Waals surface area contributed by atoms with Gasteiger partial charge in [-0.3, -0.25) is 4.79 Å². The van der Waals surface area contributed by atoms with Gasteiger partial charge in [0.25, 0.3) is 0 Å². The second kappa shape index (κ2) is 6.15. The van der Waals surface area contributed by atoms with E-state index >= 15 is 0 Å². The Balaban J connectivity index is 2.42. The highest BCUT2D eigenvalue weighted by molar-refractivity contribution is 5.78. The standard InChI is InChI=1S/C15H18O8/c1-15(21,14(19)20)13(18)12(17)8-5-7-3-4-11(16)23-9(7)6-10(8)22-2/h5-6,12-13,17-18,21H,3-4H2,1-2H3,(H,19,20). The van der Waals surface area contributed by atoms with Crippen molar-refractivity contribution in [3.8, 4) is 11.5 Å². The summed E-state index contributed by atoms with van der Waals surface area (Å²) < 4.78 is 10.2. The van der Waals surface area contributed by atoms with Crippen molar-refractivity contribution in [2.75, 3.05) is 7.11 Å². The molecule has 0 aliphatic carbocycles. The van der Waals surface area contributed by atoms with E-state index in [2.05, 4.69) is 0 Å². The molecule has 0 spiro atoms. The molecular formula is C15H18O8. The van der Waals surface area contributed by atoms with E-state index in [-0.39, 0.29) is 29.5 Å². The number of carbonyl (C=O) groups excluding carboxylic acids is 1. The first kappa shape index (κ1) is 17.2. The first-order chi connectivity index (χ1) is 10.7. The van der Waals surface area contributed by atoms with E-state index in [0.29, 0.717) is 12.0 Å². The number of aliphatic hydroxyl groups is 3. The van der Waals surface area contributed by atoms with E-state index in [9.17, 15) is 24.9 Å². The lowest BCUT2D eigenvalue weighted by atomic mass is 9.89. The lowest BCUT2D eigenvalue weighted by Gasteiger charge is -2.30. The van der Waals surface area contributed by atoms with Crippen LogP contribution in [0.25, 0.3) is 0 Å². The highest BCUT2D eigenvalue weighted by Gasteiger charge is 2.44. The molecule has 0 bridgehead atoms. The van der Waals surface area contributed by atoms with Gasteiger partial charge >= 0.3 is 11.9 Å². The zero-order valence-electron chi connectivity index (χ0n) is 12.6. The van der Waals surface area contributed by atoms with Crippen molar-refractivity contribution < 1.29 is 39.5 Å². The van der Waals surface area contributed by atoms with Crippen LogP contribution in [0.4, 0.5) is 0 Å². The Morgan fingerprint density at radius 2 is 2.00 bits per heavy atom. The summed E-state index contributed by atoms with van der Waals surface area (Å²) >= 11 is 0. The summed E-state index contributed by atoms with van der Waals surface area (Å²) in [4.78, 5) is 22.3. The van der Waals surface area contributed by atoms with E-state index in [4.69, 9.17) is 14.6 Å². The molecule has 1 aromatic carbocycles. The minimum atomic E-state index is -2.55. The number of methoxy groups -OCH3 is 1. The minimum Gasteiger partial charge on any atom is -0.496 e. The molecule has 3 unspecified atom stereocenters. The Morgan fingerprint density at radius 3 is 2.57 bits per heavy atom. The fraction of sp³-hybridized carbons (Fsp3) is 0.467. The third-order valence-electron chi connectivity index (χ3n) is 3.86. The van der Waals surface area contributed by atoms with Crippen LogP contribution < -0.4 is 9.47 Å². The average molecular weight is 326 g/mol. The van der Waals surface area contributed by atoms with E-state index < -0.39 is 23.8 Å². The maximum Gasteiger partial charge on any atom is 0.338 e. The summed E-state index contributed by atoms with van der Waals surface area (Å²) in [6.07, 6.45) is -3.15. The molecule has 1 aliphatic heterocycles. The molecule has 2 rings (SSSR count). The third-order valence-corrected chi connectivity index (χ3v) is 3.86. The Labute approximate surface area is 131 Å². The molecular weight excluding hydrogens is 308 g/mol. The predicted octanol–water partition coefficient (Wildman–Crippen LogP) is -0.223. The van der Waals surface area contributed by atoms with Gasteiger partial charge in [0, 0.05) is 11.6 Å². The van der Waals surface area contributed by atoms with E-state index in [1.165, 1.54) is 19.2 Å². The number of rotatable bonds is 5. The molecule has 0 saturated carbocycles. The first-order valence-corrected chi connectivity index (χ1v) is 6.91. The minimum absolute atomic E-state index is 0.0956. The number of hydrogen-bond donors (Lipinski definition) is 4. The number of fused-ring (bicyclic) bond motifs is 1. The monoisotopic (exact) mass is 326 g/mol. The molecule has 8 heteroatoms. The number of esters is 1. The van der Waals surface area contributed by atoms with Crippen molar-refractivity contribution in [2.45, 2.75) is 37.6 Å². The molecule has 1 heterocycles. The highest BCUT2D eigenvalue weighted by atomic mass is 16.5. The van der Waals surface area contributed by atoms with Crippen molar-refractivity contribution in [1.82, 2.24) is 0 Å². The van der Waals surface area contributed by atoms with Gasteiger partial charge in [0.2, 0.25) is 0 Å². The van der Waals surface area contributed by atoms with Gasteiger partial charge in [-0.05, 0) is 25.0 Å². The molecule has 4 N–H and O–H groups in total. The Bertz CT molecular complexity index is 637. The number of aryl methyl sites for hydroxylation is 1. The van der Waals surface area contributed by atoms with E-state index in [1.807, 2.05) is 0 Å². The quantitative estimate of drug-likeness (QED) is 0.431. The zero-order chi connectivity index (χ0) is 17.4. The van der Waals surface area contributed by atoms with Gasteiger partial charge in [0.1, 0.15) is 23.7 Å². The molecule has 1 aliphatic rings.